The fourth-order valence-corrected chi connectivity index (χ4v) is 3.34. The summed E-state index contributed by atoms with van der Waals surface area (Å²) < 4.78 is 5.32. The molecule has 1 aliphatic rings. The van der Waals surface area contributed by atoms with Gasteiger partial charge in [0, 0.05) is 11.7 Å². The normalized spacial score (nSPS) is 18.5. The molecule has 1 unspecified atom stereocenters. The average Bonchev–Trinajstić information content (AvgIpc) is 2.48. The predicted molar refractivity (Wildman–Crippen MR) is 90.3 cm³/mol. The van der Waals surface area contributed by atoms with Crippen LogP contribution in [0.2, 0.25) is 0 Å². The van der Waals surface area contributed by atoms with Gasteiger partial charge in [-0.15, -0.1) is 0 Å². The molecular weight excluding hydrogens is 260 g/mol. The number of likely N-dealkylation sites (tertiary alicyclic amines) is 1. The van der Waals surface area contributed by atoms with Crippen LogP contribution in [0.3, 0.4) is 0 Å². The van der Waals surface area contributed by atoms with Gasteiger partial charge in [0.05, 0.1) is 7.11 Å². The maximum absolute atomic E-state index is 5.32. The minimum atomic E-state index is 0.529. The molecular formula is C18H30N2O. The van der Waals surface area contributed by atoms with E-state index in [-0.39, 0.29) is 0 Å². The zero-order chi connectivity index (χ0) is 15.2. The summed E-state index contributed by atoms with van der Waals surface area (Å²) >= 11 is 0. The van der Waals surface area contributed by atoms with E-state index in [0.29, 0.717) is 6.04 Å². The Balaban J connectivity index is 1.87. The number of nitrogens with one attached hydrogen (secondary N) is 1. The van der Waals surface area contributed by atoms with Gasteiger partial charge in [-0.2, -0.15) is 0 Å². The van der Waals surface area contributed by atoms with Crippen molar-refractivity contribution in [2.75, 3.05) is 32.1 Å². The van der Waals surface area contributed by atoms with Crippen molar-refractivity contribution in [2.24, 2.45) is 5.92 Å². The molecule has 0 aromatic heterocycles. The Labute approximate surface area is 129 Å². The van der Waals surface area contributed by atoms with E-state index in [1.165, 1.54) is 50.1 Å². The van der Waals surface area contributed by atoms with E-state index >= 15 is 0 Å². The molecule has 0 radical (unpaired) electrons. The second kappa shape index (κ2) is 7.69. The zero-order valence-corrected chi connectivity index (χ0v) is 14.0. The second-order valence-corrected chi connectivity index (χ2v) is 6.30. The van der Waals surface area contributed by atoms with Crippen LogP contribution in [0.4, 0.5) is 5.69 Å². The van der Waals surface area contributed by atoms with Crippen molar-refractivity contribution in [3.05, 3.63) is 23.8 Å². The summed E-state index contributed by atoms with van der Waals surface area (Å²) in [5.74, 6) is 1.74. The summed E-state index contributed by atoms with van der Waals surface area (Å²) in [6.07, 6.45) is 3.89. The first-order valence-corrected chi connectivity index (χ1v) is 8.27. The van der Waals surface area contributed by atoms with Gasteiger partial charge in [-0.05, 0) is 82.4 Å². The second-order valence-electron chi connectivity index (χ2n) is 6.30. The van der Waals surface area contributed by atoms with E-state index in [1.54, 1.807) is 7.11 Å². The van der Waals surface area contributed by atoms with Crippen molar-refractivity contribution in [3.63, 3.8) is 0 Å². The molecule has 1 heterocycles. The molecule has 21 heavy (non-hydrogen) atoms. The number of nitrogens with zero attached hydrogens (tertiary/aromatic N) is 1. The largest absolute Gasteiger partial charge is 0.496 e. The minimum Gasteiger partial charge on any atom is -0.496 e. The monoisotopic (exact) mass is 290 g/mol. The van der Waals surface area contributed by atoms with E-state index in [2.05, 4.69) is 43.1 Å². The lowest BCUT2D eigenvalue weighted by molar-refractivity contribution is 0.176. The maximum Gasteiger partial charge on any atom is 0.121 e. The zero-order valence-electron chi connectivity index (χ0n) is 14.0. The Morgan fingerprint density at radius 1 is 1.33 bits per heavy atom. The van der Waals surface area contributed by atoms with Crippen LogP contribution < -0.4 is 10.1 Å². The van der Waals surface area contributed by atoms with Crippen LogP contribution in [0.1, 0.15) is 38.7 Å². The Morgan fingerprint density at radius 2 is 2.05 bits per heavy atom. The number of benzene rings is 1. The van der Waals surface area contributed by atoms with Crippen LogP contribution in [0.25, 0.3) is 0 Å². The lowest BCUT2D eigenvalue weighted by Crippen LogP contribution is -2.39. The Kier molecular flexibility index (Phi) is 5.92. The Bertz CT molecular complexity index is 439. The predicted octanol–water partition coefficient (Wildman–Crippen LogP) is 3.93. The first kappa shape index (κ1) is 16.2. The molecule has 1 atom stereocenters. The molecule has 0 aliphatic carbocycles. The lowest BCUT2D eigenvalue weighted by atomic mass is 9.90. The number of ether oxygens (including phenoxy) is 1. The quantitative estimate of drug-likeness (QED) is 0.859. The Hall–Kier alpha value is -1.22. The van der Waals surface area contributed by atoms with Gasteiger partial charge in [0.25, 0.3) is 0 Å². The maximum atomic E-state index is 5.32. The number of methoxy groups -OCH3 is 1. The van der Waals surface area contributed by atoms with Crippen LogP contribution in [-0.4, -0.2) is 37.7 Å². The first-order valence-electron chi connectivity index (χ1n) is 8.27. The molecule has 0 amide bonds. The average molecular weight is 290 g/mol. The highest BCUT2D eigenvalue weighted by Gasteiger charge is 2.23. The standard InChI is InChI=1S/C18H30N2O/c1-5-10-20-11-8-16(9-12-20)15(3)19-17-6-7-18(21-4)14(2)13-17/h6-7,13,15-16,19H,5,8-12H2,1-4H3. The molecule has 0 saturated carbocycles. The van der Waals surface area contributed by atoms with Crippen molar-refractivity contribution in [1.82, 2.24) is 4.90 Å². The van der Waals surface area contributed by atoms with Gasteiger partial charge in [-0.3, -0.25) is 0 Å². The van der Waals surface area contributed by atoms with Crippen molar-refractivity contribution in [2.45, 2.75) is 46.1 Å². The molecule has 2 rings (SSSR count). The molecule has 3 heteroatoms. The molecule has 1 aromatic rings. The number of hydrogen-bond donors (Lipinski definition) is 1. The lowest BCUT2D eigenvalue weighted by Gasteiger charge is -2.35. The van der Waals surface area contributed by atoms with E-state index in [1.807, 2.05) is 6.07 Å². The van der Waals surface area contributed by atoms with Gasteiger partial charge in [0.2, 0.25) is 0 Å². The summed E-state index contributed by atoms with van der Waals surface area (Å²) in [6, 6.07) is 6.88. The fraction of sp³-hybridized carbons (Fsp3) is 0.667. The van der Waals surface area contributed by atoms with Crippen LogP contribution >= 0.6 is 0 Å². The van der Waals surface area contributed by atoms with Crippen molar-refractivity contribution in [1.29, 1.82) is 0 Å². The summed E-state index contributed by atoms with van der Waals surface area (Å²) in [6.45, 7) is 10.4. The summed E-state index contributed by atoms with van der Waals surface area (Å²) in [4.78, 5) is 2.60. The summed E-state index contributed by atoms with van der Waals surface area (Å²) in [5, 5.41) is 3.68. The van der Waals surface area contributed by atoms with Crippen molar-refractivity contribution < 1.29 is 4.74 Å². The van der Waals surface area contributed by atoms with Gasteiger partial charge >= 0.3 is 0 Å². The van der Waals surface area contributed by atoms with Gasteiger partial charge in [0.1, 0.15) is 5.75 Å². The molecule has 0 bridgehead atoms. The van der Waals surface area contributed by atoms with Gasteiger partial charge < -0.3 is 15.0 Å². The number of hydrogen-bond acceptors (Lipinski definition) is 3. The highest BCUT2D eigenvalue weighted by atomic mass is 16.5. The highest BCUT2D eigenvalue weighted by Crippen LogP contribution is 2.26. The van der Waals surface area contributed by atoms with Gasteiger partial charge in [0.15, 0.2) is 0 Å². The summed E-state index contributed by atoms with van der Waals surface area (Å²) in [7, 11) is 1.72. The van der Waals surface area contributed by atoms with Crippen molar-refractivity contribution >= 4 is 5.69 Å². The SMILES string of the molecule is CCCN1CCC(C(C)Nc2ccc(OC)c(C)c2)CC1. The molecule has 1 saturated heterocycles. The molecule has 3 nitrogen and oxygen atoms in total. The third kappa shape index (κ3) is 4.37. The smallest absolute Gasteiger partial charge is 0.121 e. The van der Waals surface area contributed by atoms with Crippen LogP contribution in [0.5, 0.6) is 5.75 Å². The Morgan fingerprint density at radius 3 is 2.62 bits per heavy atom. The number of aryl methyl sites for hydroxylation is 1. The number of anilines is 1. The van der Waals surface area contributed by atoms with E-state index in [9.17, 15) is 0 Å². The molecule has 0 spiro atoms. The third-order valence-electron chi connectivity index (χ3n) is 4.67. The van der Waals surface area contributed by atoms with E-state index < -0.39 is 0 Å². The number of rotatable bonds is 6. The topological polar surface area (TPSA) is 24.5 Å². The van der Waals surface area contributed by atoms with E-state index in [0.717, 1.165) is 11.7 Å². The summed E-state index contributed by atoms with van der Waals surface area (Å²) in [5.41, 5.74) is 2.39. The molecule has 1 aromatic carbocycles. The minimum absolute atomic E-state index is 0.529. The van der Waals surface area contributed by atoms with Crippen LogP contribution in [-0.2, 0) is 0 Å². The van der Waals surface area contributed by atoms with Crippen LogP contribution in [0.15, 0.2) is 18.2 Å². The van der Waals surface area contributed by atoms with Crippen molar-refractivity contribution in [3.8, 4) is 5.75 Å². The highest BCUT2D eigenvalue weighted by molar-refractivity contribution is 5.51. The fourth-order valence-electron chi connectivity index (χ4n) is 3.34. The van der Waals surface area contributed by atoms with E-state index in [4.69, 9.17) is 4.74 Å². The molecule has 1 fully saturated rings. The molecule has 118 valence electrons. The molecule has 1 aliphatic heterocycles. The number of piperidine rings is 1. The molecule has 1 N–H and O–H groups in total. The third-order valence-corrected chi connectivity index (χ3v) is 4.67. The first-order chi connectivity index (χ1) is 10.1. The van der Waals surface area contributed by atoms with Crippen LogP contribution in [0, 0.1) is 12.8 Å². The van der Waals surface area contributed by atoms with Gasteiger partial charge in [-0.25, -0.2) is 0 Å². The van der Waals surface area contributed by atoms with Gasteiger partial charge in [-0.1, -0.05) is 6.92 Å².